The number of nitrogens with zero attached hydrogens (tertiary/aromatic N) is 7. The molecule has 5 aromatic rings. The third-order valence-electron chi connectivity index (χ3n) is 6.40. The van der Waals surface area contributed by atoms with Crippen LogP contribution >= 0.6 is 11.3 Å². The van der Waals surface area contributed by atoms with E-state index < -0.39 is 11.2 Å². The minimum absolute atomic E-state index is 0.0976. The van der Waals surface area contributed by atoms with Crippen LogP contribution in [0.3, 0.4) is 0 Å². The lowest BCUT2D eigenvalue weighted by atomic mass is 10.2. The largest absolute Gasteiger partial charge is 0.612 e. The van der Waals surface area contributed by atoms with E-state index in [1.165, 1.54) is 4.52 Å². The Kier molecular flexibility index (Phi) is 5.91. The van der Waals surface area contributed by atoms with Gasteiger partial charge in [0.25, 0.3) is 0 Å². The summed E-state index contributed by atoms with van der Waals surface area (Å²) in [4.78, 5) is 27.3. The lowest BCUT2D eigenvalue weighted by Crippen LogP contribution is -2.47. The summed E-state index contributed by atoms with van der Waals surface area (Å²) in [5.41, 5.74) is 8.34. The molecule has 5 heterocycles. The lowest BCUT2D eigenvalue weighted by Gasteiger charge is -2.36. The van der Waals surface area contributed by atoms with Gasteiger partial charge in [0.2, 0.25) is 11.8 Å². The molecule has 0 radical (unpaired) electrons. The van der Waals surface area contributed by atoms with E-state index in [2.05, 4.69) is 24.9 Å². The Labute approximate surface area is 213 Å². The van der Waals surface area contributed by atoms with Crippen LogP contribution < -0.4 is 15.5 Å². The van der Waals surface area contributed by atoms with Crippen molar-refractivity contribution in [3.05, 3.63) is 52.3 Å². The van der Waals surface area contributed by atoms with Crippen LogP contribution in [0.15, 0.2) is 56.8 Å². The van der Waals surface area contributed by atoms with Crippen LogP contribution in [0.1, 0.15) is 0 Å². The van der Waals surface area contributed by atoms with Gasteiger partial charge in [-0.3, -0.25) is 14.3 Å². The van der Waals surface area contributed by atoms with Gasteiger partial charge in [-0.1, -0.05) is 11.3 Å². The summed E-state index contributed by atoms with van der Waals surface area (Å²) < 4.78 is 20.8. The molecule has 6 rings (SSSR count). The number of rotatable bonds is 6. The van der Waals surface area contributed by atoms with E-state index in [1.807, 2.05) is 24.3 Å². The molecule has 0 unspecified atom stereocenters. The van der Waals surface area contributed by atoms with E-state index in [9.17, 15) is 9.35 Å². The number of aromatic nitrogens is 5. The normalized spacial score (nSPS) is 15.8. The number of piperazine rings is 1. The van der Waals surface area contributed by atoms with Crippen molar-refractivity contribution in [3.8, 4) is 11.6 Å². The topological polar surface area (TPSA) is 134 Å². The zero-order chi connectivity index (χ0) is 24.8. The Balaban J connectivity index is 1.17. The predicted molar refractivity (Wildman–Crippen MR) is 140 cm³/mol. The van der Waals surface area contributed by atoms with Crippen molar-refractivity contribution in [3.63, 3.8) is 0 Å². The van der Waals surface area contributed by atoms with Gasteiger partial charge < -0.3 is 19.6 Å². The van der Waals surface area contributed by atoms with E-state index >= 15 is 0 Å². The third kappa shape index (κ3) is 4.13. The van der Waals surface area contributed by atoms with Crippen molar-refractivity contribution < 1.29 is 8.97 Å². The van der Waals surface area contributed by atoms with Gasteiger partial charge in [0.1, 0.15) is 11.0 Å². The maximum atomic E-state index is 12.9. The fourth-order valence-electron chi connectivity index (χ4n) is 4.46. The molecule has 13 heteroatoms. The van der Waals surface area contributed by atoms with Crippen molar-refractivity contribution in [1.82, 2.24) is 29.0 Å². The summed E-state index contributed by atoms with van der Waals surface area (Å²) in [6.07, 6.45) is 3.24. The molecule has 0 saturated carbocycles. The molecule has 0 aliphatic carbocycles. The second-order valence-electron chi connectivity index (χ2n) is 8.57. The maximum Gasteiger partial charge on any atom is 0.309 e. The Morgan fingerprint density at radius 1 is 1.08 bits per heavy atom. The summed E-state index contributed by atoms with van der Waals surface area (Å²) >= 11 is 0.129. The summed E-state index contributed by atoms with van der Waals surface area (Å²) in [6.45, 7) is 4.77. The van der Waals surface area contributed by atoms with Crippen LogP contribution in [0, 0.1) is 0 Å². The number of hydrogen-bond acceptors (Lipinski definition) is 10. The van der Waals surface area contributed by atoms with E-state index in [0.717, 1.165) is 54.6 Å². The average Bonchev–Trinajstić information content (AvgIpc) is 3.63. The molecule has 11 nitrogen and oxygen atoms in total. The molecule has 1 aromatic carbocycles. The standard InChI is InChI=1S/C23H24N8O3S2/c1-36(33)16-6-4-15(5-7-16)29-11-8-28(9-12-29)10-13-30-20-18(35-23(30)32)21-25-19(17-3-2-14-34-17)27-31(21)22(24)26-20/h2-7,14H,8-13H2,1H3,(H2,24,26)/t36-/m1/s1. The molecule has 0 spiro atoms. The van der Waals surface area contributed by atoms with Crippen LogP contribution in [0.2, 0.25) is 0 Å². The average molecular weight is 525 g/mol. The second kappa shape index (κ2) is 9.24. The van der Waals surface area contributed by atoms with Crippen molar-refractivity contribution in [2.75, 3.05) is 49.6 Å². The fourth-order valence-corrected chi connectivity index (χ4v) is 5.91. The predicted octanol–water partition coefficient (Wildman–Crippen LogP) is 1.90. The number of nitrogens with two attached hydrogens (primary N) is 1. The van der Waals surface area contributed by atoms with E-state index in [4.69, 9.17) is 10.2 Å². The summed E-state index contributed by atoms with van der Waals surface area (Å²) in [5, 5.41) is 4.40. The first-order valence-corrected chi connectivity index (χ1v) is 13.9. The van der Waals surface area contributed by atoms with Crippen molar-refractivity contribution in [1.29, 1.82) is 0 Å². The molecule has 2 N–H and O–H groups in total. The fraction of sp³-hybridized carbons (Fsp3) is 0.304. The Morgan fingerprint density at radius 2 is 1.86 bits per heavy atom. The smallest absolute Gasteiger partial charge is 0.309 e. The minimum atomic E-state index is -0.973. The van der Waals surface area contributed by atoms with Crippen LogP contribution in [-0.4, -0.2) is 72.6 Å². The molecular weight excluding hydrogens is 500 g/mol. The SMILES string of the molecule is C[S@@+]([O-])c1ccc(N2CCN(CCn3c(=O)sc4c3nc(N)n3nc(-c5ccco5)nc43)CC2)cc1. The van der Waals surface area contributed by atoms with E-state index in [1.54, 1.807) is 29.2 Å². The number of furan rings is 1. The number of benzene rings is 1. The first-order valence-electron chi connectivity index (χ1n) is 11.5. The number of nitrogen functional groups attached to an aromatic ring is 1. The third-order valence-corrected chi connectivity index (χ3v) is 8.30. The number of hydrogen-bond donors (Lipinski definition) is 1. The quantitative estimate of drug-likeness (QED) is 0.331. The molecule has 4 aromatic heterocycles. The molecular formula is C23H24N8O3S2. The number of fused-ring (bicyclic) bond motifs is 3. The highest BCUT2D eigenvalue weighted by Crippen LogP contribution is 2.26. The first-order chi connectivity index (χ1) is 17.5. The molecule has 36 heavy (non-hydrogen) atoms. The monoisotopic (exact) mass is 524 g/mol. The van der Waals surface area contributed by atoms with Crippen molar-refractivity contribution >= 4 is 50.1 Å². The van der Waals surface area contributed by atoms with Gasteiger partial charge in [0.05, 0.1) is 6.26 Å². The number of anilines is 2. The number of thiazole rings is 1. The minimum Gasteiger partial charge on any atom is -0.612 e. The molecule has 1 aliphatic heterocycles. The maximum absolute atomic E-state index is 12.9. The molecule has 0 bridgehead atoms. The van der Waals surface area contributed by atoms with Gasteiger partial charge in [-0.05, 0) is 47.6 Å². The van der Waals surface area contributed by atoms with Gasteiger partial charge in [-0.25, -0.2) is 4.98 Å². The van der Waals surface area contributed by atoms with Crippen LogP contribution in [0.4, 0.5) is 11.6 Å². The zero-order valence-corrected chi connectivity index (χ0v) is 21.2. The van der Waals surface area contributed by atoms with Crippen LogP contribution in [-0.2, 0) is 17.7 Å². The zero-order valence-electron chi connectivity index (χ0n) is 19.5. The van der Waals surface area contributed by atoms with Crippen molar-refractivity contribution in [2.24, 2.45) is 0 Å². The summed E-state index contributed by atoms with van der Waals surface area (Å²) in [7, 11) is 0. The van der Waals surface area contributed by atoms with Crippen molar-refractivity contribution in [2.45, 2.75) is 11.4 Å². The second-order valence-corrected chi connectivity index (χ2v) is 10.9. The van der Waals surface area contributed by atoms with E-state index in [-0.39, 0.29) is 10.8 Å². The van der Waals surface area contributed by atoms with Crippen LogP contribution in [0.25, 0.3) is 27.6 Å². The molecule has 186 valence electrons. The van der Waals surface area contributed by atoms with Gasteiger partial charge in [-0.15, -0.1) is 5.10 Å². The first kappa shape index (κ1) is 23.0. The lowest BCUT2D eigenvalue weighted by molar-refractivity contribution is 0.248. The van der Waals surface area contributed by atoms with Gasteiger partial charge in [0, 0.05) is 45.0 Å². The Bertz CT molecular complexity index is 1570. The van der Waals surface area contributed by atoms with Gasteiger partial charge in [-0.2, -0.15) is 9.50 Å². The Hall–Kier alpha value is -3.39. The summed E-state index contributed by atoms with van der Waals surface area (Å²) in [5.74, 6) is 1.08. The molecule has 1 fully saturated rings. The Morgan fingerprint density at radius 3 is 2.56 bits per heavy atom. The highest BCUT2D eigenvalue weighted by Gasteiger charge is 2.21. The molecule has 1 saturated heterocycles. The van der Waals surface area contributed by atoms with Crippen LogP contribution in [0.5, 0.6) is 0 Å². The highest BCUT2D eigenvalue weighted by atomic mass is 32.2. The molecule has 1 atom stereocenters. The van der Waals surface area contributed by atoms with Gasteiger partial charge >= 0.3 is 4.87 Å². The molecule has 1 aliphatic rings. The molecule has 0 amide bonds. The highest BCUT2D eigenvalue weighted by molar-refractivity contribution is 7.90. The summed E-state index contributed by atoms with van der Waals surface area (Å²) in [6, 6.07) is 11.4. The van der Waals surface area contributed by atoms with Gasteiger partial charge in [0.15, 0.2) is 22.0 Å². The van der Waals surface area contributed by atoms with E-state index in [0.29, 0.717) is 34.1 Å².